The fourth-order valence-electron chi connectivity index (χ4n) is 3.26. The van der Waals surface area contributed by atoms with Gasteiger partial charge in [-0.2, -0.15) is 0 Å². The van der Waals surface area contributed by atoms with Crippen LogP contribution in [0.1, 0.15) is 40.5 Å². The molecule has 0 spiro atoms. The Balaban J connectivity index is 1.69. The summed E-state index contributed by atoms with van der Waals surface area (Å²) in [5.74, 6) is 0. The largest absolute Gasteiger partial charge is 0.372 e. The van der Waals surface area contributed by atoms with E-state index in [2.05, 4.69) is 48.5 Å². The van der Waals surface area contributed by atoms with E-state index in [0.29, 0.717) is 0 Å². The molecular weight excluding hydrogens is 268 g/mol. The minimum Gasteiger partial charge on any atom is -0.372 e. The molecule has 1 nitrogen and oxygen atoms in total. The van der Waals surface area contributed by atoms with Gasteiger partial charge in [0.25, 0.3) is 0 Å². The van der Waals surface area contributed by atoms with E-state index in [1.165, 1.54) is 35.1 Å². The molecule has 1 atom stereocenters. The maximum atomic E-state index is 6.86. The van der Waals surface area contributed by atoms with Crippen LogP contribution in [-0.2, 0) is 23.4 Å². The zero-order chi connectivity index (χ0) is 13.6. The van der Waals surface area contributed by atoms with Crippen molar-refractivity contribution in [1.29, 1.82) is 0 Å². The fraction of sp³-hybridized carbons (Fsp3) is 0.333. The Morgan fingerprint density at radius 3 is 2.45 bits per heavy atom. The molecule has 1 unspecified atom stereocenters. The second kappa shape index (κ2) is 4.61. The van der Waals surface area contributed by atoms with Gasteiger partial charge in [0.1, 0.15) is 0 Å². The lowest BCUT2D eigenvalue weighted by Crippen LogP contribution is -2.14. The van der Waals surface area contributed by atoms with Crippen LogP contribution >= 0.6 is 11.6 Å². The second-order valence-corrected chi connectivity index (χ2v) is 6.34. The highest BCUT2D eigenvalue weighted by Crippen LogP contribution is 2.59. The first-order valence-corrected chi connectivity index (χ1v) is 7.62. The standard InChI is InChI=1S/C18H17ClO/c19-17(13-6-7-14-11-20-12-15(14)10-13)18(8-9-18)16-4-2-1-3-5-16/h1-7,10,17H,8-9,11-12H2. The molecule has 0 aromatic heterocycles. The number of benzene rings is 2. The van der Waals surface area contributed by atoms with E-state index in [4.69, 9.17) is 16.3 Å². The summed E-state index contributed by atoms with van der Waals surface area (Å²) >= 11 is 6.86. The van der Waals surface area contributed by atoms with Crippen LogP contribution in [0.5, 0.6) is 0 Å². The van der Waals surface area contributed by atoms with Gasteiger partial charge in [-0.25, -0.2) is 0 Å². The van der Waals surface area contributed by atoms with Crippen LogP contribution < -0.4 is 0 Å². The van der Waals surface area contributed by atoms with Crippen molar-refractivity contribution in [3.8, 4) is 0 Å². The molecule has 2 heteroatoms. The van der Waals surface area contributed by atoms with Crippen LogP contribution in [0.4, 0.5) is 0 Å². The first-order chi connectivity index (χ1) is 9.79. The van der Waals surface area contributed by atoms with E-state index in [-0.39, 0.29) is 10.8 Å². The van der Waals surface area contributed by atoms with Crippen LogP contribution in [0.25, 0.3) is 0 Å². The van der Waals surface area contributed by atoms with E-state index in [9.17, 15) is 0 Å². The van der Waals surface area contributed by atoms with Gasteiger partial charge in [0, 0.05) is 5.41 Å². The van der Waals surface area contributed by atoms with Gasteiger partial charge >= 0.3 is 0 Å². The van der Waals surface area contributed by atoms with E-state index in [0.717, 1.165) is 13.2 Å². The number of hydrogen-bond donors (Lipinski definition) is 0. The molecule has 0 N–H and O–H groups in total. The Hall–Kier alpha value is -1.31. The molecule has 20 heavy (non-hydrogen) atoms. The van der Waals surface area contributed by atoms with Gasteiger partial charge in [-0.15, -0.1) is 11.6 Å². The Labute approximate surface area is 124 Å². The molecule has 4 rings (SSSR count). The van der Waals surface area contributed by atoms with Crippen LogP contribution in [0.15, 0.2) is 48.5 Å². The molecule has 1 heterocycles. The van der Waals surface area contributed by atoms with E-state index in [1.54, 1.807) is 0 Å². The van der Waals surface area contributed by atoms with Crippen molar-refractivity contribution in [2.75, 3.05) is 0 Å². The fourth-order valence-corrected chi connectivity index (χ4v) is 3.74. The highest BCUT2D eigenvalue weighted by atomic mass is 35.5. The van der Waals surface area contributed by atoms with E-state index >= 15 is 0 Å². The average Bonchev–Trinajstić information content (AvgIpc) is 3.18. The molecule has 2 aliphatic rings. The van der Waals surface area contributed by atoms with Gasteiger partial charge in [0.05, 0.1) is 18.6 Å². The SMILES string of the molecule is ClC(c1ccc2c(c1)COC2)C1(c2ccccc2)CC1. The van der Waals surface area contributed by atoms with E-state index in [1.807, 2.05) is 0 Å². The Morgan fingerprint density at radius 1 is 0.950 bits per heavy atom. The van der Waals surface area contributed by atoms with Crippen LogP contribution in [0.3, 0.4) is 0 Å². The van der Waals surface area contributed by atoms with Crippen molar-refractivity contribution < 1.29 is 4.74 Å². The summed E-state index contributed by atoms with van der Waals surface area (Å²) in [6, 6.07) is 17.3. The number of fused-ring (bicyclic) bond motifs is 1. The van der Waals surface area contributed by atoms with Crippen molar-refractivity contribution in [2.24, 2.45) is 0 Å². The molecule has 1 saturated carbocycles. The lowest BCUT2D eigenvalue weighted by molar-refractivity contribution is 0.134. The van der Waals surface area contributed by atoms with Crippen molar-refractivity contribution in [3.05, 3.63) is 70.8 Å². The molecule has 2 aromatic rings. The molecule has 1 fully saturated rings. The highest BCUT2D eigenvalue weighted by molar-refractivity contribution is 6.22. The molecule has 0 saturated heterocycles. The molecule has 0 amide bonds. The predicted octanol–water partition coefficient (Wildman–Crippen LogP) is 4.73. The predicted molar refractivity (Wildman–Crippen MR) is 80.9 cm³/mol. The Bertz CT molecular complexity index is 631. The van der Waals surface area contributed by atoms with Gasteiger partial charge in [0.15, 0.2) is 0 Å². The smallest absolute Gasteiger partial charge is 0.0725 e. The Morgan fingerprint density at radius 2 is 1.70 bits per heavy atom. The normalized spacial score (nSPS) is 20.4. The van der Waals surface area contributed by atoms with Crippen molar-refractivity contribution >= 4 is 11.6 Å². The summed E-state index contributed by atoms with van der Waals surface area (Å²) in [5.41, 5.74) is 5.35. The molecule has 0 radical (unpaired) electrons. The van der Waals surface area contributed by atoms with Gasteiger partial charge in [-0.05, 0) is 35.1 Å². The third-order valence-corrected chi connectivity index (χ3v) is 5.33. The van der Waals surface area contributed by atoms with Crippen LogP contribution in [0, 0.1) is 0 Å². The van der Waals surface area contributed by atoms with Crippen LogP contribution in [0.2, 0.25) is 0 Å². The van der Waals surface area contributed by atoms with Crippen LogP contribution in [-0.4, -0.2) is 0 Å². The maximum Gasteiger partial charge on any atom is 0.0725 e. The summed E-state index contributed by atoms with van der Waals surface area (Å²) < 4.78 is 5.49. The zero-order valence-corrected chi connectivity index (χ0v) is 12.1. The first-order valence-electron chi connectivity index (χ1n) is 7.19. The number of halogens is 1. The quantitative estimate of drug-likeness (QED) is 0.741. The van der Waals surface area contributed by atoms with Gasteiger partial charge in [-0.3, -0.25) is 0 Å². The van der Waals surface area contributed by atoms with Crippen molar-refractivity contribution in [1.82, 2.24) is 0 Å². The molecule has 102 valence electrons. The van der Waals surface area contributed by atoms with Gasteiger partial charge in [0.2, 0.25) is 0 Å². The molecule has 1 aliphatic heterocycles. The first kappa shape index (κ1) is 12.4. The zero-order valence-electron chi connectivity index (χ0n) is 11.3. The van der Waals surface area contributed by atoms with Gasteiger partial charge < -0.3 is 4.74 Å². The number of hydrogen-bond acceptors (Lipinski definition) is 1. The minimum absolute atomic E-state index is 0.0517. The average molecular weight is 285 g/mol. The maximum absolute atomic E-state index is 6.86. The number of rotatable bonds is 3. The second-order valence-electron chi connectivity index (χ2n) is 5.91. The molecule has 0 bridgehead atoms. The minimum atomic E-state index is 0.0517. The van der Waals surface area contributed by atoms with Crippen molar-refractivity contribution in [3.63, 3.8) is 0 Å². The summed E-state index contributed by atoms with van der Waals surface area (Å²) in [4.78, 5) is 0. The summed E-state index contributed by atoms with van der Waals surface area (Å²) in [6.07, 6.45) is 2.36. The lowest BCUT2D eigenvalue weighted by atomic mass is 9.87. The molecule has 2 aromatic carbocycles. The summed E-state index contributed by atoms with van der Waals surface area (Å²) in [6.45, 7) is 1.47. The van der Waals surface area contributed by atoms with E-state index < -0.39 is 0 Å². The third-order valence-electron chi connectivity index (χ3n) is 4.66. The summed E-state index contributed by atoms with van der Waals surface area (Å²) in [7, 11) is 0. The number of ether oxygens (including phenoxy) is 1. The number of alkyl halides is 1. The topological polar surface area (TPSA) is 9.23 Å². The Kier molecular flexibility index (Phi) is 2.87. The third kappa shape index (κ3) is 1.88. The summed E-state index contributed by atoms with van der Waals surface area (Å²) in [5, 5.41) is 0.0517. The molecule has 1 aliphatic carbocycles. The highest BCUT2D eigenvalue weighted by Gasteiger charge is 2.50. The van der Waals surface area contributed by atoms with Gasteiger partial charge in [-0.1, -0.05) is 48.5 Å². The monoisotopic (exact) mass is 284 g/mol. The molecular formula is C18H17ClO. The van der Waals surface area contributed by atoms with Crippen molar-refractivity contribution in [2.45, 2.75) is 36.8 Å². The lowest BCUT2D eigenvalue weighted by Gasteiger charge is -2.23.